The van der Waals surface area contributed by atoms with Gasteiger partial charge in [-0.25, -0.2) is 0 Å². The lowest BCUT2D eigenvalue weighted by molar-refractivity contribution is -0.359. The molecule has 0 aliphatic carbocycles. The van der Waals surface area contributed by atoms with Gasteiger partial charge < -0.3 is 65.1 Å². The van der Waals surface area contributed by atoms with E-state index >= 15 is 0 Å². The summed E-state index contributed by atoms with van der Waals surface area (Å²) in [5.74, 6) is -0.230. The fourth-order valence-corrected chi connectivity index (χ4v) is 13.5. The quantitative estimate of drug-likeness (QED) is 0.0204. The summed E-state index contributed by atoms with van der Waals surface area (Å²) in [5.41, 5.74) is 0. The van der Waals surface area contributed by atoms with E-state index in [0.717, 1.165) is 44.9 Å². The molecule has 2 fully saturated rings. The summed E-state index contributed by atoms with van der Waals surface area (Å²) >= 11 is 0. The van der Waals surface area contributed by atoms with E-state index in [0.29, 0.717) is 0 Å². The Bertz CT molecular complexity index is 1570. The predicted molar refractivity (Wildman–Crippen MR) is 374 cm³/mol. The van der Waals surface area contributed by atoms with Gasteiger partial charge in [0.05, 0.1) is 32.0 Å². The number of nitrogens with one attached hydrogen (secondary N) is 1. The van der Waals surface area contributed by atoms with Crippen LogP contribution < -0.4 is 5.32 Å². The van der Waals surface area contributed by atoms with Gasteiger partial charge in [0.25, 0.3) is 0 Å². The number of rotatable bonds is 67. The minimum atomic E-state index is -1.79. The fourth-order valence-electron chi connectivity index (χ4n) is 13.5. The molecule has 2 aliphatic heterocycles. The lowest BCUT2D eigenvalue weighted by Crippen LogP contribution is -2.65. The molecule has 14 heteroatoms. The molecule has 2 heterocycles. The second kappa shape index (κ2) is 62.3. The van der Waals surface area contributed by atoms with Gasteiger partial charge >= 0.3 is 0 Å². The van der Waals surface area contributed by atoms with Crippen molar-refractivity contribution in [2.45, 2.75) is 453 Å². The molecule has 0 aromatic rings. The maximum Gasteiger partial charge on any atom is 0.220 e. The molecule has 0 bridgehead atoms. The summed E-state index contributed by atoms with van der Waals surface area (Å²) < 4.78 is 22.9. The average molecular weight is 1300 g/mol. The number of carbonyl (C=O) groups excluding carboxylic acids is 1. The third kappa shape index (κ3) is 45.8. The van der Waals surface area contributed by atoms with Crippen molar-refractivity contribution in [1.29, 1.82) is 0 Å². The Morgan fingerprint density at radius 1 is 0.385 bits per heavy atom. The Morgan fingerprint density at radius 3 is 1.01 bits per heavy atom. The maximum absolute atomic E-state index is 13.4. The highest BCUT2D eigenvalue weighted by molar-refractivity contribution is 5.76. The molecular weight excluding hydrogens is 1150 g/mol. The zero-order valence-corrected chi connectivity index (χ0v) is 59.1. The van der Waals surface area contributed by atoms with Gasteiger partial charge in [0.2, 0.25) is 5.91 Å². The number of aliphatic hydroxyl groups is 8. The maximum atomic E-state index is 13.4. The monoisotopic (exact) mass is 1300 g/mol. The van der Waals surface area contributed by atoms with Crippen LogP contribution in [-0.4, -0.2) is 140 Å². The molecule has 0 saturated carbocycles. The SMILES string of the molecule is CCCCCCCCCCCCCCCCCCC/C=C/C(O)C(COC1OC(CO)C(OC2OC(CO)C(O)C(O)C2O)C(O)C1O)NC(=O)CCCCCCCCCCCCCCCCCCCCCCCCCCCCCCCCCCCCCCCC. The molecule has 12 unspecified atom stereocenters. The smallest absolute Gasteiger partial charge is 0.220 e. The van der Waals surface area contributed by atoms with Crippen LogP contribution in [-0.2, 0) is 23.7 Å². The van der Waals surface area contributed by atoms with Crippen LogP contribution in [0.4, 0.5) is 0 Å². The number of amides is 1. The topological polar surface area (TPSA) is 228 Å². The predicted octanol–water partition coefficient (Wildman–Crippen LogP) is 17.3. The molecule has 2 saturated heterocycles. The van der Waals surface area contributed by atoms with Crippen LogP contribution in [0.1, 0.15) is 380 Å². The van der Waals surface area contributed by atoms with E-state index in [2.05, 4.69) is 19.2 Å². The average Bonchev–Trinajstić information content (AvgIpc) is 1.08. The van der Waals surface area contributed by atoms with Crippen molar-refractivity contribution in [2.24, 2.45) is 0 Å². The lowest BCUT2D eigenvalue weighted by Gasteiger charge is -2.46. The number of allylic oxidation sites excluding steroid dienone is 1. The first-order chi connectivity index (χ1) is 44.6. The van der Waals surface area contributed by atoms with E-state index in [-0.39, 0.29) is 18.9 Å². The van der Waals surface area contributed by atoms with E-state index in [4.69, 9.17) is 18.9 Å². The van der Waals surface area contributed by atoms with Gasteiger partial charge in [0.1, 0.15) is 48.8 Å². The van der Waals surface area contributed by atoms with Crippen molar-refractivity contribution in [1.82, 2.24) is 5.32 Å². The first kappa shape index (κ1) is 85.8. The molecule has 540 valence electrons. The standard InChI is InChI=1S/C77H149NO13/c1-3-5-7-9-11-13-15-17-19-21-23-24-25-26-27-28-29-30-31-32-33-34-35-36-37-38-39-40-41-43-45-47-49-51-53-55-57-59-61-69(82)78-65(66(81)60-58-56-54-52-50-48-46-44-42-22-20-18-16-14-12-10-8-6-4-2)64-88-76-74(87)72(85)75(68(63-80)90-76)91-77-73(86)71(84)70(83)67(62-79)89-77/h58,60,65-68,70-77,79-81,83-87H,3-57,59,61-64H2,1-2H3,(H,78,82)/b60-58+. The molecule has 1 amide bonds. The highest BCUT2D eigenvalue weighted by Gasteiger charge is 2.51. The molecule has 2 rings (SSSR count). The molecule has 91 heavy (non-hydrogen) atoms. The molecule has 0 aromatic carbocycles. The Labute approximate surface area is 558 Å². The van der Waals surface area contributed by atoms with Gasteiger partial charge in [0.15, 0.2) is 12.6 Å². The Morgan fingerprint density at radius 2 is 0.681 bits per heavy atom. The van der Waals surface area contributed by atoms with Crippen LogP contribution in [0.3, 0.4) is 0 Å². The minimum Gasteiger partial charge on any atom is -0.394 e. The number of ether oxygens (including phenoxy) is 4. The zero-order chi connectivity index (χ0) is 65.9. The molecule has 0 spiro atoms. The van der Waals surface area contributed by atoms with E-state index < -0.39 is 86.8 Å². The van der Waals surface area contributed by atoms with Gasteiger partial charge in [-0.05, 0) is 19.3 Å². The van der Waals surface area contributed by atoms with Crippen LogP contribution in [0.25, 0.3) is 0 Å². The summed E-state index contributed by atoms with van der Waals surface area (Å²) in [5, 5.41) is 87.5. The van der Waals surface area contributed by atoms with E-state index in [1.807, 2.05) is 6.08 Å². The summed E-state index contributed by atoms with van der Waals surface area (Å²) in [6, 6.07) is -0.911. The van der Waals surface area contributed by atoms with Crippen molar-refractivity contribution in [3.63, 3.8) is 0 Å². The van der Waals surface area contributed by atoms with Gasteiger partial charge in [-0.15, -0.1) is 0 Å². The first-order valence-electron chi connectivity index (χ1n) is 39.4. The Balaban J connectivity index is 1.56. The normalized spacial score (nSPS) is 22.7. The molecule has 12 atom stereocenters. The molecular formula is C77H149NO13. The van der Waals surface area contributed by atoms with Crippen LogP contribution in [0.5, 0.6) is 0 Å². The van der Waals surface area contributed by atoms with Gasteiger partial charge in [-0.3, -0.25) is 4.79 Å². The van der Waals surface area contributed by atoms with Crippen molar-refractivity contribution in [3.8, 4) is 0 Å². The van der Waals surface area contributed by atoms with Crippen LogP contribution in [0, 0.1) is 0 Å². The van der Waals surface area contributed by atoms with E-state index in [1.54, 1.807) is 6.08 Å². The van der Waals surface area contributed by atoms with E-state index in [1.165, 1.54) is 315 Å². The van der Waals surface area contributed by atoms with Gasteiger partial charge in [-0.2, -0.15) is 0 Å². The highest BCUT2D eigenvalue weighted by Crippen LogP contribution is 2.30. The molecule has 0 radical (unpaired) electrons. The Hall–Kier alpha value is -1.27. The Kier molecular flexibility index (Phi) is 58.7. The lowest BCUT2D eigenvalue weighted by atomic mass is 9.97. The first-order valence-corrected chi connectivity index (χ1v) is 39.4. The van der Waals surface area contributed by atoms with Crippen molar-refractivity contribution < 1.29 is 64.6 Å². The van der Waals surface area contributed by atoms with Crippen molar-refractivity contribution >= 4 is 5.91 Å². The molecule has 14 nitrogen and oxygen atoms in total. The molecule has 9 N–H and O–H groups in total. The number of hydrogen-bond donors (Lipinski definition) is 9. The van der Waals surface area contributed by atoms with Crippen molar-refractivity contribution in [3.05, 3.63) is 12.2 Å². The number of unbranched alkanes of at least 4 members (excludes halogenated alkanes) is 54. The molecule has 0 aromatic heterocycles. The number of carbonyl (C=O) groups is 1. The van der Waals surface area contributed by atoms with Crippen molar-refractivity contribution in [2.75, 3.05) is 19.8 Å². The minimum absolute atomic E-state index is 0.230. The zero-order valence-electron chi connectivity index (χ0n) is 59.1. The summed E-state index contributed by atoms with van der Waals surface area (Å²) in [4.78, 5) is 13.4. The molecule has 2 aliphatic rings. The fraction of sp³-hybridized carbons (Fsp3) is 0.961. The summed E-state index contributed by atoms with van der Waals surface area (Å²) in [7, 11) is 0. The van der Waals surface area contributed by atoms with Crippen LogP contribution in [0.15, 0.2) is 12.2 Å². The summed E-state index contributed by atoms with van der Waals surface area (Å²) in [6.07, 6.45) is 61.7. The van der Waals surface area contributed by atoms with Gasteiger partial charge in [0, 0.05) is 6.42 Å². The largest absolute Gasteiger partial charge is 0.394 e. The third-order valence-electron chi connectivity index (χ3n) is 19.7. The van der Waals surface area contributed by atoms with E-state index in [9.17, 15) is 45.6 Å². The second-order valence-electron chi connectivity index (χ2n) is 28.2. The number of aliphatic hydroxyl groups excluding tert-OH is 8. The second-order valence-corrected chi connectivity index (χ2v) is 28.2. The summed E-state index contributed by atoms with van der Waals surface area (Å²) in [6.45, 7) is 2.87. The van der Waals surface area contributed by atoms with Gasteiger partial charge in [-0.1, -0.05) is 366 Å². The number of hydrogen-bond acceptors (Lipinski definition) is 13. The highest BCUT2D eigenvalue weighted by atomic mass is 16.7. The van der Waals surface area contributed by atoms with Crippen LogP contribution in [0.2, 0.25) is 0 Å². The third-order valence-corrected chi connectivity index (χ3v) is 19.7. The van der Waals surface area contributed by atoms with Crippen LogP contribution >= 0.6 is 0 Å².